The van der Waals surface area contributed by atoms with Gasteiger partial charge in [0.15, 0.2) is 0 Å². The van der Waals surface area contributed by atoms with Gasteiger partial charge in [0.25, 0.3) is 5.91 Å². The molecule has 0 spiro atoms. The number of anilines is 2. The molecule has 1 aliphatic rings. The quantitative estimate of drug-likeness (QED) is 0.390. The zero-order chi connectivity index (χ0) is 25.1. The molecule has 11 heteroatoms. The Morgan fingerprint density at radius 1 is 0.972 bits per heavy atom. The van der Waals surface area contributed by atoms with Gasteiger partial charge in [-0.2, -0.15) is 9.57 Å². The standard InChI is InChI=1S/C25H21N5O3S3/c26-16-18-6-1-4-10-23(18)36(32,33)30-13-11-29(12-14-30)21-8-3-2-7-19(21)27-24(31)20-17-35-25(28-20)22-9-5-15-34-22/h1-10,15,17H,11-14H2,(H,27,31). The maximum absolute atomic E-state index is 13.2. The van der Waals surface area contributed by atoms with Gasteiger partial charge >= 0.3 is 0 Å². The van der Waals surface area contributed by atoms with Crippen LogP contribution in [0.1, 0.15) is 16.1 Å². The molecule has 0 aliphatic carbocycles. The van der Waals surface area contributed by atoms with E-state index < -0.39 is 10.0 Å². The molecule has 4 aromatic rings. The molecule has 1 aliphatic heterocycles. The number of nitriles is 1. The number of nitrogens with one attached hydrogen (secondary N) is 1. The minimum Gasteiger partial charge on any atom is -0.367 e. The number of carbonyl (C=O) groups is 1. The Bertz CT molecular complexity index is 1530. The third kappa shape index (κ3) is 4.76. The minimum absolute atomic E-state index is 0.0267. The first-order valence-electron chi connectivity index (χ1n) is 11.1. The normalized spacial score (nSPS) is 14.4. The first kappa shape index (κ1) is 24.1. The summed E-state index contributed by atoms with van der Waals surface area (Å²) in [4.78, 5) is 20.5. The Kier molecular flexibility index (Phi) is 6.84. The summed E-state index contributed by atoms with van der Waals surface area (Å²) in [7, 11) is -3.78. The average Bonchev–Trinajstić information content (AvgIpc) is 3.62. The molecule has 0 atom stereocenters. The minimum atomic E-state index is -3.78. The lowest BCUT2D eigenvalue weighted by Crippen LogP contribution is -2.49. The second-order valence-electron chi connectivity index (χ2n) is 7.99. The molecule has 1 fully saturated rings. The lowest BCUT2D eigenvalue weighted by molar-refractivity contribution is 0.102. The highest BCUT2D eigenvalue weighted by atomic mass is 32.2. The summed E-state index contributed by atoms with van der Waals surface area (Å²) in [6, 6.07) is 19.6. The molecule has 0 saturated carbocycles. The Balaban J connectivity index is 1.29. The maximum atomic E-state index is 13.2. The molecule has 3 heterocycles. The van der Waals surface area contributed by atoms with Crippen LogP contribution in [0.4, 0.5) is 11.4 Å². The van der Waals surface area contributed by atoms with E-state index in [1.165, 1.54) is 27.8 Å². The summed E-state index contributed by atoms with van der Waals surface area (Å²) in [6.07, 6.45) is 0. The summed E-state index contributed by atoms with van der Waals surface area (Å²) < 4.78 is 27.7. The number of thiophene rings is 1. The molecule has 0 radical (unpaired) electrons. The molecule has 1 amide bonds. The predicted octanol–water partition coefficient (Wildman–Crippen LogP) is 4.51. The number of aromatic nitrogens is 1. The summed E-state index contributed by atoms with van der Waals surface area (Å²) in [5, 5.41) is 16.8. The zero-order valence-corrected chi connectivity index (χ0v) is 21.4. The van der Waals surface area contributed by atoms with Crippen LogP contribution in [-0.4, -0.2) is 49.8 Å². The van der Waals surface area contributed by atoms with Crippen molar-refractivity contribution in [3.63, 3.8) is 0 Å². The number of rotatable bonds is 6. The number of hydrogen-bond donors (Lipinski definition) is 1. The van der Waals surface area contributed by atoms with E-state index in [0.717, 1.165) is 15.6 Å². The van der Waals surface area contributed by atoms with E-state index in [2.05, 4.69) is 15.2 Å². The number of piperazine rings is 1. The van der Waals surface area contributed by atoms with Gasteiger partial charge in [0, 0.05) is 31.6 Å². The van der Waals surface area contributed by atoms with Crippen molar-refractivity contribution in [1.29, 1.82) is 5.26 Å². The van der Waals surface area contributed by atoms with E-state index >= 15 is 0 Å². The molecule has 2 aromatic carbocycles. The van der Waals surface area contributed by atoms with Gasteiger partial charge in [0.05, 0.1) is 26.7 Å². The fourth-order valence-electron chi connectivity index (χ4n) is 4.03. The van der Waals surface area contributed by atoms with Gasteiger partial charge in [-0.05, 0) is 35.7 Å². The number of hydrogen-bond acceptors (Lipinski definition) is 8. The van der Waals surface area contributed by atoms with Gasteiger partial charge in [-0.25, -0.2) is 13.4 Å². The van der Waals surface area contributed by atoms with Gasteiger partial charge in [-0.3, -0.25) is 4.79 Å². The number of benzene rings is 2. The third-order valence-corrected chi connectivity index (χ3v) is 9.66. The molecule has 1 saturated heterocycles. The van der Waals surface area contributed by atoms with E-state index in [9.17, 15) is 18.5 Å². The number of sulfonamides is 1. The van der Waals surface area contributed by atoms with Crippen molar-refractivity contribution in [3.05, 3.63) is 82.7 Å². The second-order valence-corrected chi connectivity index (χ2v) is 11.7. The smallest absolute Gasteiger partial charge is 0.275 e. The van der Waals surface area contributed by atoms with Crippen LogP contribution in [0, 0.1) is 11.3 Å². The first-order valence-corrected chi connectivity index (χ1v) is 14.3. The molecule has 5 rings (SSSR count). The van der Waals surface area contributed by atoms with Crippen LogP contribution in [-0.2, 0) is 10.0 Å². The zero-order valence-electron chi connectivity index (χ0n) is 19.0. The van der Waals surface area contributed by atoms with Crippen LogP contribution in [0.5, 0.6) is 0 Å². The highest BCUT2D eigenvalue weighted by Gasteiger charge is 2.31. The largest absolute Gasteiger partial charge is 0.367 e. The Hall–Kier alpha value is -3.56. The van der Waals surface area contributed by atoms with Gasteiger partial charge < -0.3 is 10.2 Å². The highest BCUT2D eigenvalue weighted by molar-refractivity contribution is 7.89. The number of nitrogens with zero attached hydrogens (tertiary/aromatic N) is 4. The molecule has 0 unspecified atom stereocenters. The van der Waals surface area contributed by atoms with Gasteiger partial charge in [0.1, 0.15) is 16.8 Å². The van der Waals surface area contributed by atoms with Crippen molar-refractivity contribution in [1.82, 2.24) is 9.29 Å². The maximum Gasteiger partial charge on any atom is 0.275 e. The summed E-state index contributed by atoms with van der Waals surface area (Å²) in [5.41, 5.74) is 1.94. The van der Waals surface area contributed by atoms with E-state index in [1.807, 2.05) is 47.8 Å². The molecule has 8 nitrogen and oxygen atoms in total. The molecule has 182 valence electrons. The van der Waals surface area contributed by atoms with E-state index in [-0.39, 0.29) is 29.5 Å². The van der Waals surface area contributed by atoms with Gasteiger partial charge in [-0.1, -0.05) is 30.3 Å². The van der Waals surface area contributed by atoms with Crippen molar-refractivity contribution in [2.45, 2.75) is 4.90 Å². The van der Waals surface area contributed by atoms with E-state index in [1.54, 1.807) is 28.8 Å². The monoisotopic (exact) mass is 535 g/mol. The lowest BCUT2D eigenvalue weighted by Gasteiger charge is -2.36. The highest BCUT2D eigenvalue weighted by Crippen LogP contribution is 2.31. The van der Waals surface area contributed by atoms with Crippen molar-refractivity contribution in [3.8, 4) is 16.0 Å². The molecular weight excluding hydrogens is 515 g/mol. The van der Waals surface area contributed by atoms with E-state index in [4.69, 9.17) is 0 Å². The fraction of sp³-hybridized carbons (Fsp3) is 0.160. The van der Waals surface area contributed by atoms with Gasteiger partial charge in [0.2, 0.25) is 10.0 Å². The number of amides is 1. The molecule has 1 N–H and O–H groups in total. The fourth-order valence-corrected chi connectivity index (χ4v) is 7.20. The van der Waals surface area contributed by atoms with Crippen LogP contribution >= 0.6 is 22.7 Å². The number of thiazole rings is 1. The van der Waals surface area contributed by atoms with Crippen LogP contribution in [0.15, 0.2) is 76.3 Å². The van der Waals surface area contributed by atoms with Crippen LogP contribution in [0.2, 0.25) is 0 Å². The number of carbonyl (C=O) groups excluding carboxylic acids is 1. The van der Waals surface area contributed by atoms with Crippen LogP contribution in [0.3, 0.4) is 0 Å². The Morgan fingerprint density at radius 3 is 2.47 bits per heavy atom. The van der Waals surface area contributed by atoms with Gasteiger partial charge in [-0.15, -0.1) is 22.7 Å². The van der Waals surface area contributed by atoms with Crippen molar-refractivity contribution in [2.24, 2.45) is 0 Å². The van der Waals surface area contributed by atoms with Crippen molar-refractivity contribution < 1.29 is 13.2 Å². The topological polar surface area (TPSA) is 106 Å². The SMILES string of the molecule is N#Cc1ccccc1S(=O)(=O)N1CCN(c2ccccc2NC(=O)c2csc(-c3cccs3)n2)CC1. The van der Waals surface area contributed by atoms with Crippen molar-refractivity contribution in [2.75, 3.05) is 36.4 Å². The second kappa shape index (κ2) is 10.2. The lowest BCUT2D eigenvalue weighted by atomic mass is 10.2. The summed E-state index contributed by atoms with van der Waals surface area (Å²) in [5.74, 6) is -0.296. The van der Waals surface area contributed by atoms with E-state index in [0.29, 0.717) is 24.5 Å². The molecular formula is C25H21N5O3S3. The molecule has 2 aromatic heterocycles. The third-order valence-electron chi connectivity index (χ3n) is 5.83. The van der Waals surface area contributed by atoms with Crippen LogP contribution in [0.25, 0.3) is 9.88 Å². The number of para-hydroxylation sites is 2. The summed E-state index contributed by atoms with van der Waals surface area (Å²) >= 11 is 3.00. The molecule has 36 heavy (non-hydrogen) atoms. The average molecular weight is 536 g/mol. The Labute approximate surface area is 217 Å². The predicted molar refractivity (Wildman–Crippen MR) is 142 cm³/mol. The molecule has 0 bridgehead atoms. The summed E-state index contributed by atoms with van der Waals surface area (Å²) in [6.45, 7) is 1.42. The Morgan fingerprint density at radius 2 is 1.72 bits per heavy atom. The van der Waals surface area contributed by atoms with Crippen molar-refractivity contribution >= 4 is 50.0 Å². The van der Waals surface area contributed by atoms with Crippen LogP contribution < -0.4 is 10.2 Å². The first-order chi connectivity index (χ1) is 17.5.